The van der Waals surface area contributed by atoms with Crippen LogP contribution in [0.4, 0.5) is 10.5 Å². The van der Waals surface area contributed by atoms with Gasteiger partial charge in [-0.25, -0.2) is 4.79 Å². The highest BCUT2D eigenvalue weighted by molar-refractivity contribution is 5.66. The summed E-state index contributed by atoms with van der Waals surface area (Å²) in [5, 5.41) is 19.4. The topological polar surface area (TPSA) is 102 Å². The zero-order valence-electron chi connectivity index (χ0n) is 10.1. The second-order valence-corrected chi connectivity index (χ2v) is 4.02. The minimum Gasteiger partial charge on any atom is -0.493 e. The van der Waals surface area contributed by atoms with E-state index in [1.807, 2.05) is 0 Å². The second-order valence-electron chi connectivity index (χ2n) is 4.02. The maximum Gasteiger partial charge on any atom is 0.407 e. The molecule has 0 bridgehead atoms. The van der Waals surface area contributed by atoms with Crippen LogP contribution in [0.3, 0.4) is 0 Å². The number of carboxylic acid groups (broad SMARTS) is 1. The molecule has 1 aliphatic rings. The Morgan fingerprint density at radius 1 is 1.47 bits per heavy atom. The lowest BCUT2D eigenvalue weighted by Crippen LogP contribution is -2.55. The van der Waals surface area contributed by atoms with Gasteiger partial charge in [0.15, 0.2) is 11.5 Å². The van der Waals surface area contributed by atoms with E-state index in [1.54, 1.807) is 0 Å². The van der Waals surface area contributed by atoms with E-state index in [0.29, 0.717) is 5.75 Å². The van der Waals surface area contributed by atoms with E-state index in [-0.39, 0.29) is 30.6 Å². The number of ether oxygens (including phenoxy) is 2. The number of methoxy groups -OCH3 is 1. The van der Waals surface area contributed by atoms with Crippen molar-refractivity contribution in [3.8, 4) is 11.5 Å². The van der Waals surface area contributed by atoms with Crippen LogP contribution in [0, 0.1) is 10.1 Å². The first-order chi connectivity index (χ1) is 9.01. The Labute approximate surface area is 108 Å². The second kappa shape index (κ2) is 5.01. The van der Waals surface area contributed by atoms with Crippen molar-refractivity contribution in [2.45, 2.75) is 6.10 Å². The van der Waals surface area contributed by atoms with E-state index < -0.39 is 11.0 Å². The van der Waals surface area contributed by atoms with Gasteiger partial charge >= 0.3 is 6.09 Å². The van der Waals surface area contributed by atoms with E-state index in [9.17, 15) is 14.9 Å². The third-order valence-electron chi connectivity index (χ3n) is 2.77. The molecule has 8 nitrogen and oxygen atoms in total. The summed E-state index contributed by atoms with van der Waals surface area (Å²) in [6, 6.07) is 4.03. The largest absolute Gasteiger partial charge is 0.493 e. The molecule has 2 rings (SSSR count). The van der Waals surface area contributed by atoms with Crippen molar-refractivity contribution in [2.24, 2.45) is 0 Å². The van der Waals surface area contributed by atoms with Gasteiger partial charge in [-0.15, -0.1) is 0 Å². The van der Waals surface area contributed by atoms with E-state index in [4.69, 9.17) is 14.6 Å². The Balaban J connectivity index is 2.09. The maximum absolute atomic E-state index is 10.7. The molecule has 0 saturated carbocycles. The SMILES string of the molecule is COc1ccc([N+](=O)[O-])cc1OC1CN(C(=O)O)C1. The molecule has 1 fully saturated rings. The number of rotatable bonds is 4. The summed E-state index contributed by atoms with van der Waals surface area (Å²) in [7, 11) is 1.43. The molecule has 1 N–H and O–H groups in total. The fourth-order valence-electron chi connectivity index (χ4n) is 1.72. The molecule has 1 aromatic rings. The molecule has 0 aliphatic carbocycles. The van der Waals surface area contributed by atoms with Gasteiger partial charge in [0, 0.05) is 6.07 Å². The first-order valence-corrected chi connectivity index (χ1v) is 5.48. The molecule has 1 saturated heterocycles. The van der Waals surface area contributed by atoms with Gasteiger partial charge in [0.2, 0.25) is 0 Å². The van der Waals surface area contributed by atoms with Crippen LogP contribution in [-0.2, 0) is 0 Å². The first-order valence-electron chi connectivity index (χ1n) is 5.48. The highest BCUT2D eigenvalue weighted by Gasteiger charge is 2.33. The first kappa shape index (κ1) is 12.9. The number of hydrogen-bond acceptors (Lipinski definition) is 5. The van der Waals surface area contributed by atoms with Crippen molar-refractivity contribution >= 4 is 11.8 Å². The Hall–Kier alpha value is -2.51. The molecule has 1 aliphatic heterocycles. The molecule has 1 amide bonds. The van der Waals surface area contributed by atoms with Crippen LogP contribution < -0.4 is 9.47 Å². The zero-order valence-corrected chi connectivity index (χ0v) is 10.1. The van der Waals surface area contributed by atoms with Crippen molar-refractivity contribution < 1.29 is 24.3 Å². The molecule has 0 aromatic heterocycles. The van der Waals surface area contributed by atoms with Crippen molar-refractivity contribution in [2.75, 3.05) is 20.2 Å². The van der Waals surface area contributed by atoms with Crippen LogP contribution in [0.5, 0.6) is 11.5 Å². The van der Waals surface area contributed by atoms with Crippen LogP contribution >= 0.6 is 0 Å². The number of nitro benzene ring substituents is 1. The molecule has 102 valence electrons. The van der Waals surface area contributed by atoms with Gasteiger partial charge in [-0.3, -0.25) is 10.1 Å². The van der Waals surface area contributed by atoms with E-state index in [0.717, 1.165) is 0 Å². The van der Waals surface area contributed by atoms with Gasteiger partial charge in [0.25, 0.3) is 5.69 Å². The number of benzene rings is 1. The normalized spacial score (nSPS) is 14.7. The van der Waals surface area contributed by atoms with Gasteiger partial charge < -0.3 is 19.5 Å². The summed E-state index contributed by atoms with van der Waals surface area (Å²) in [5.74, 6) is 0.617. The number of likely N-dealkylation sites (tertiary alicyclic amines) is 1. The van der Waals surface area contributed by atoms with Gasteiger partial charge in [-0.1, -0.05) is 0 Å². The summed E-state index contributed by atoms with van der Waals surface area (Å²) in [6.45, 7) is 0.475. The lowest BCUT2D eigenvalue weighted by Gasteiger charge is -2.36. The lowest BCUT2D eigenvalue weighted by atomic mass is 10.2. The number of amides is 1. The minimum absolute atomic E-state index is 0.106. The van der Waals surface area contributed by atoms with Crippen molar-refractivity contribution in [3.63, 3.8) is 0 Å². The fraction of sp³-hybridized carbons (Fsp3) is 0.364. The Morgan fingerprint density at radius 3 is 2.68 bits per heavy atom. The van der Waals surface area contributed by atoms with Crippen molar-refractivity contribution in [1.82, 2.24) is 4.90 Å². The number of non-ortho nitro benzene ring substituents is 1. The number of nitro groups is 1. The average Bonchev–Trinajstić information content (AvgIpc) is 2.32. The van der Waals surface area contributed by atoms with Crippen LogP contribution in [0.1, 0.15) is 0 Å². The molecule has 19 heavy (non-hydrogen) atoms. The zero-order chi connectivity index (χ0) is 14.0. The number of hydrogen-bond donors (Lipinski definition) is 1. The predicted molar refractivity (Wildman–Crippen MR) is 63.7 cm³/mol. The van der Waals surface area contributed by atoms with Gasteiger partial charge in [0.1, 0.15) is 6.10 Å². The summed E-state index contributed by atoms with van der Waals surface area (Å²) in [6.07, 6.45) is -1.32. The van der Waals surface area contributed by atoms with Gasteiger partial charge in [-0.2, -0.15) is 0 Å². The standard InChI is InChI=1S/C11H12N2O6/c1-18-9-3-2-7(13(16)17)4-10(9)19-8-5-12(6-8)11(14)15/h2-4,8H,5-6H2,1H3,(H,14,15). The summed E-state index contributed by atoms with van der Waals surface area (Å²) in [5.41, 5.74) is -0.106. The van der Waals surface area contributed by atoms with Crippen molar-refractivity contribution in [1.29, 1.82) is 0 Å². The smallest absolute Gasteiger partial charge is 0.407 e. The maximum atomic E-state index is 10.7. The Kier molecular flexibility index (Phi) is 3.41. The molecule has 0 radical (unpaired) electrons. The van der Waals surface area contributed by atoms with Crippen LogP contribution in [0.2, 0.25) is 0 Å². The van der Waals surface area contributed by atoms with E-state index in [1.165, 1.54) is 30.2 Å². The van der Waals surface area contributed by atoms with E-state index >= 15 is 0 Å². The lowest BCUT2D eigenvalue weighted by molar-refractivity contribution is -0.385. The minimum atomic E-state index is -1.01. The average molecular weight is 268 g/mol. The van der Waals surface area contributed by atoms with E-state index in [2.05, 4.69) is 0 Å². The molecular weight excluding hydrogens is 256 g/mol. The summed E-state index contributed by atoms with van der Waals surface area (Å²) >= 11 is 0. The third-order valence-corrected chi connectivity index (χ3v) is 2.77. The quantitative estimate of drug-likeness (QED) is 0.653. The third kappa shape index (κ3) is 2.67. The molecule has 8 heteroatoms. The highest BCUT2D eigenvalue weighted by atomic mass is 16.6. The van der Waals surface area contributed by atoms with Crippen molar-refractivity contribution in [3.05, 3.63) is 28.3 Å². The van der Waals surface area contributed by atoms with Gasteiger partial charge in [-0.05, 0) is 6.07 Å². The highest BCUT2D eigenvalue weighted by Crippen LogP contribution is 2.33. The number of carbonyl (C=O) groups is 1. The molecule has 0 spiro atoms. The molecule has 0 unspecified atom stereocenters. The van der Waals surface area contributed by atoms with Crippen LogP contribution in [0.15, 0.2) is 18.2 Å². The van der Waals surface area contributed by atoms with Crippen LogP contribution in [0.25, 0.3) is 0 Å². The molecular formula is C11H12N2O6. The number of nitrogens with zero attached hydrogens (tertiary/aromatic N) is 2. The Bertz CT molecular complexity index is 512. The predicted octanol–water partition coefficient (Wildman–Crippen LogP) is 1.34. The van der Waals surface area contributed by atoms with Gasteiger partial charge in [0.05, 0.1) is 31.2 Å². The Morgan fingerprint density at radius 2 is 2.16 bits per heavy atom. The molecule has 0 atom stereocenters. The summed E-state index contributed by atoms with van der Waals surface area (Å²) in [4.78, 5) is 21.9. The fourth-order valence-corrected chi connectivity index (χ4v) is 1.72. The molecule has 1 heterocycles. The molecule has 1 aromatic carbocycles. The monoisotopic (exact) mass is 268 g/mol. The van der Waals surface area contributed by atoms with Crippen LogP contribution in [-0.4, -0.2) is 47.3 Å². The summed E-state index contributed by atoms with van der Waals surface area (Å²) < 4.78 is 10.6.